The highest BCUT2D eigenvalue weighted by Gasteiger charge is 2.44. The number of carbonyl (C=O) groups excluding carboxylic acids is 3. The molecule has 2 aliphatic carbocycles. The van der Waals surface area contributed by atoms with E-state index in [2.05, 4.69) is 30.5 Å². The van der Waals surface area contributed by atoms with Gasteiger partial charge in [0.2, 0.25) is 11.8 Å². The van der Waals surface area contributed by atoms with Crippen LogP contribution in [0.3, 0.4) is 0 Å². The third-order valence-electron chi connectivity index (χ3n) is 11.4. The zero-order valence-corrected chi connectivity index (χ0v) is 32.5. The Bertz CT molecular complexity index is 2130. The number of amides is 3. The molecule has 3 amide bonds. The van der Waals surface area contributed by atoms with Crippen LogP contribution in [-0.4, -0.2) is 81.5 Å². The zero-order chi connectivity index (χ0) is 38.4. The van der Waals surface area contributed by atoms with Crippen LogP contribution in [0.25, 0.3) is 0 Å². The van der Waals surface area contributed by atoms with Crippen molar-refractivity contribution in [2.75, 3.05) is 37.5 Å². The second-order valence-corrected chi connectivity index (χ2v) is 17.7. The van der Waals surface area contributed by atoms with Crippen molar-refractivity contribution in [3.8, 4) is 11.6 Å². The summed E-state index contributed by atoms with van der Waals surface area (Å²) in [4.78, 5) is 42.4. The summed E-state index contributed by atoms with van der Waals surface area (Å²) in [5, 5.41) is 19.2. The number of aryl methyl sites for hydroxylation is 2. The first kappa shape index (κ1) is 37.9. The first-order valence-electron chi connectivity index (χ1n) is 18.4. The fourth-order valence-corrected chi connectivity index (χ4v) is 10.6. The quantitative estimate of drug-likeness (QED) is 0.321. The lowest BCUT2D eigenvalue weighted by molar-refractivity contribution is -0.119. The molecule has 4 aliphatic rings. The van der Waals surface area contributed by atoms with Gasteiger partial charge in [0.25, 0.3) is 11.8 Å². The van der Waals surface area contributed by atoms with E-state index in [-0.39, 0.29) is 45.9 Å². The monoisotopic (exact) mass is 778 g/mol. The maximum absolute atomic E-state index is 14.8. The summed E-state index contributed by atoms with van der Waals surface area (Å²) in [6.45, 7) is 4.77. The number of anilines is 1. The number of ether oxygens (including phenoxy) is 2. The molecule has 1 aromatic heterocycles. The normalized spacial score (nSPS) is 30.0. The van der Waals surface area contributed by atoms with Crippen LogP contribution in [0.1, 0.15) is 71.4 Å². The van der Waals surface area contributed by atoms with Crippen molar-refractivity contribution in [2.45, 2.75) is 63.5 Å². The fraction of sp³-hybridized carbons (Fsp3) is 0.487. The SMILES string of the molecule is COc1nn(C)cc1C(=O)NS1(=O)=NC(=O)c2ccc3c(c2)N(C[C@@H]2CC[C@H]2[C@@H](O)/C=C/[C@H](NC(C)=O)[C@H](C)C1)C[C@@]1(CCCc2cc(Cl)ccc21)CO3. The van der Waals surface area contributed by atoms with Gasteiger partial charge in [-0.05, 0) is 91.3 Å². The van der Waals surface area contributed by atoms with Crippen molar-refractivity contribution in [3.05, 3.63) is 82.0 Å². The van der Waals surface area contributed by atoms with E-state index in [1.807, 2.05) is 12.1 Å². The van der Waals surface area contributed by atoms with Gasteiger partial charge in [-0.15, -0.1) is 9.46 Å². The zero-order valence-electron chi connectivity index (χ0n) is 30.9. The van der Waals surface area contributed by atoms with Gasteiger partial charge in [0.1, 0.15) is 21.2 Å². The molecule has 3 heterocycles. The number of nitrogens with one attached hydrogen (secondary N) is 2. The van der Waals surface area contributed by atoms with Gasteiger partial charge in [-0.25, -0.2) is 4.21 Å². The Labute approximate surface area is 320 Å². The standard InChI is InChI=1S/C39H47ClN6O7S/c1-23-20-54(51,44-37(50)30-19-45(3)42-38(30)52-4)43-36(49)26-8-14-35-33(17-26)46(18-27-7-10-29(27)34(48)13-12-32(23)41-24(2)47)21-39(22-53-35)15-5-6-25-16-28(40)9-11-31(25)39/h8-9,11-14,16-17,19,23,27,29,32,34,48H,5-7,10,15,18,20-22H2,1-4H3,(H,41,47)(H,43,44,49,50,51)/b13-12+/t23-,27+,29-,32+,34+,39+,54?/m1/s1. The predicted molar refractivity (Wildman–Crippen MR) is 205 cm³/mol. The lowest BCUT2D eigenvalue weighted by Gasteiger charge is -2.45. The fourth-order valence-electron chi connectivity index (χ4n) is 8.52. The van der Waals surface area contributed by atoms with Crippen LogP contribution in [0.15, 0.2) is 59.1 Å². The number of fused-ring (bicyclic) bond motifs is 4. The van der Waals surface area contributed by atoms with Crippen LogP contribution in [-0.2, 0) is 33.6 Å². The highest BCUT2D eigenvalue weighted by Crippen LogP contribution is 2.47. The second kappa shape index (κ2) is 15.0. The van der Waals surface area contributed by atoms with Crippen LogP contribution < -0.4 is 24.4 Å². The Morgan fingerprint density at radius 3 is 2.72 bits per heavy atom. The summed E-state index contributed by atoms with van der Waals surface area (Å²) in [5.41, 5.74) is 2.97. The predicted octanol–water partition coefficient (Wildman–Crippen LogP) is 4.61. The smallest absolute Gasteiger partial charge is 0.286 e. The summed E-state index contributed by atoms with van der Waals surface area (Å²) in [6.07, 6.45) is 8.58. The van der Waals surface area contributed by atoms with Crippen molar-refractivity contribution in [3.63, 3.8) is 0 Å². The Kier molecular flexibility index (Phi) is 10.5. The molecule has 1 saturated carbocycles. The number of halogens is 1. The Morgan fingerprint density at radius 2 is 1.98 bits per heavy atom. The molecule has 3 aromatic rings. The van der Waals surface area contributed by atoms with Gasteiger partial charge < -0.3 is 24.8 Å². The van der Waals surface area contributed by atoms with E-state index in [1.165, 1.54) is 36.0 Å². The van der Waals surface area contributed by atoms with E-state index >= 15 is 0 Å². The Hall–Kier alpha value is -4.40. The molecule has 1 fully saturated rings. The maximum Gasteiger partial charge on any atom is 0.286 e. The van der Waals surface area contributed by atoms with Gasteiger partial charge >= 0.3 is 0 Å². The summed E-state index contributed by atoms with van der Waals surface area (Å²) in [7, 11) is -0.864. The minimum Gasteiger partial charge on any atom is -0.490 e. The van der Waals surface area contributed by atoms with Gasteiger partial charge in [0, 0.05) is 49.3 Å². The molecule has 7 atom stereocenters. The van der Waals surface area contributed by atoms with Crippen LogP contribution in [0, 0.1) is 17.8 Å². The van der Waals surface area contributed by atoms with E-state index in [9.17, 15) is 23.7 Å². The lowest BCUT2D eigenvalue weighted by Crippen LogP contribution is -2.49. The molecule has 2 bridgehead atoms. The third-order valence-corrected chi connectivity index (χ3v) is 13.5. The molecule has 1 spiro atoms. The van der Waals surface area contributed by atoms with Gasteiger partial charge in [0.05, 0.1) is 37.3 Å². The molecular formula is C39H47ClN6O7S. The number of aliphatic hydroxyl groups excluding tert-OH is 1. The molecule has 2 aliphatic heterocycles. The Balaban J connectivity index is 1.33. The number of methoxy groups -OCH3 is 1. The molecule has 0 radical (unpaired) electrons. The number of benzene rings is 2. The molecule has 54 heavy (non-hydrogen) atoms. The summed E-state index contributed by atoms with van der Waals surface area (Å²) < 4.78 is 34.8. The first-order chi connectivity index (χ1) is 25.8. The van der Waals surface area contributed by atoms with Crippen LogP contribution in [0.4, 0.5) is 5.69 Å². The molecule has 2 aromatic carbocycles. The van der Waals surface area contributed by atoms with Crippen LogP contribution >= 0.6 is 11.6 Å². The molecule has 288 valence electrons. The average Bonchev–Trinajstić information content (AvgIpc) is 3.43. The number of aromatic nitrogens is 2. The number of nitrogens with zero attached hydrogens (tertiary/aromatic N) is 4. The van der Waals surface area contributed by atoms with Crippen molar-refractivity contribution >= 4 is 44.9 Å². The average molecular weight is 779 g/mol. The number of hydrogen-bond acceptors (Lipinski definition) is 9. The van der Waals surface area contributed by atoms with Crippen molar-refractivity contribution < 1.29 is 33.2 Å². The summed E-state index contributed by atoms with van der Waals surface area (Å²) in [5.74, 6) is -2.05. The number of rotatable bonds is 4. The topological polar surface area (TPSA) is 164 Å². The first-order valence-corrected chi connectivity index (χ1v) is 20.5. The summed E-state index contributed by atoms with van der Waals surface area (Å²) >= 11 is 6.44. The van der Waals surface area contributed by atoms with Crippen LogP contribution in [0.5, 0.6) is 11.6 Å². The molecule has 7 rings (SSSR count). The van der Waals surface area contributed by atoms with Crippen molar-refractivity contribution in [2.24, 2.45) is 29.2 Å². The van der Waals surface area contributed by atoms with Crippen molar-refractivity contribution in [1.82, 2.24) is 19.8 Å². The molecule has 3 N–H and O–H groups in total. The number of hydrogen-bond donors (Lipinski definition) is 3. The highest BCUT2D eigenvalue weighted by atomic mass is 35.5. The molecule has 13 nitrogen and oxygen atoms in total. The van der Waals surface area contributed by atoms with Gasteiger partial charge in [-0.2, -0.15) is 0 Å². The largest absolute Gasteiger partial charge is 0.490 e. The molecule has 1 unspecified atom stereocenters. The van der Waals surface area contributed by atoms with Crippen LogP contribution in [0.2, 0.25) is 5.02 Å². The van der Waals surface area contributed by atoms with E-state index in [4.69, 9.17) is 21.1 Å². The van der Waals surface area contributed by atoms with E-state index < -0.39 is 39.8 Å². The number of carbonyl (C=O) groups is 3. The lowest BCUT2D eigenvalue weighted by atomic mass is 9.68. The maximum atomic E-state index is 14.8. The minimum atomic E-state index is -3.84. The van der Waals surface area contributed by atoms with E-state index in [0.29, 0.717) is 36.2 Å². The van der Waals surface area contributed by atoms with Crippen molar-refractivity contribution in [1.29, 1.82) is 0 Å². The highest BCUT2D eigenvalue weighted by molar-refractivity contribution is 7.92. The Morgan fingerprint density at radius 1 is 1.17 bits per heavy atom. The summed E-state index contributed by atoms with van der Waals surface area (Å²) in [6, 6.07) is 10.5. The van der Waals surface area contributed by atoms with Gasteiger partial charge in [0.15, 0.2) is 0 Å². The molecular weight excluding hydrogens is 732 g/mol. The molecule has 15 heteroatoms. The number of aliphatic hydroxyl groups is 1. The van der Waals surface area contributed by atoms with Gasteiger partial charge in [-0.3, -0.25) is 23.8 Å². The van der Waals surface area contributed by atoms with E-state index in [1.54, 1.807) is 44.3 Å². The van der Waals surface area contributed by atoms with E-state index in [0.717, 1.165) is 32.1 Å². The second-order valence-electron chi connectivity index (χ2n) is 15.2. The van der Waals surface area contributed by atoms with Gasteiger partial charge in [-0.1, -0.05) is 36.7 Å². The third kappa shape index (κ3) is 7.60. The molecule has 0 saturated heterocycles. The minimum absolute atomic E-state index is 0.0139.